The fourth-order valence-electron chi connectivity index (χ4n) is 4.02. The Hall–Kier alpha value is -2.09. The molecule has 6 heteroatoms. The van der Waals surface area contributed by atoms with Crippen LogP contribution in [0, 0.1) is 19.0 Å². The molecule has 0 spiro atoms. The van der Waals surface area contributed by atoms with E-state index in [9.17, 15) is 9.59 Å². The van der Waals surface area contributed by atoms with Gasteiger partial charge in [-0.1, -0.05) is 66.2 Å². The first-order valence-corrected chi connectivity index (χ1v) is 15.9. The summed E-state index contributed by atoms with van der Waals surface area (Å²) in [6.45, 7) is 9.32. The molecule has 0 saturated heterocycles. The molecule has 0 heterocycles. The Kier molecular flexibility index (Phi) is 14.7. The van der Waals surface area contributed by atoms with Crippen LogP contribution in [-0.2, 0) is 9.47 Å². The number of halogens is 1. The summed E-state index contributed by atoms with van der Waals surface area (Å²) in [5.41, 5.74) is 0.599. The standard InChI is InChI=1S/C31H44IO5/c1-6-10-12-23(8-3)21-36-30(33)28-19-16-26(32-25-14-17-27(35-5)18-15-25)20-29(28)31(34)37-22-24(9-4)13-11-7-2/h14-20,23-24H,6-13,21-22H2,1-5H3/q+1. The fourth-order valence-corrected chi connectivity index (χ4v) is 6.29. The summed E-state index contributed by atoms with van der Waals surface area (Å²) in [4.78, 5) is 26.4. The first-order chi connectivity index (χ1) is 17.9. The summed E-state index contributed by atoms with van der Waals surface area (Å²) < 4.78 is 19.0. The lowest BCUT2D eigenvalue weighted by Crippen LogP contribution is -3.61. The average molecular weight is 624 g/mol. The van der Waals surface area contributed by atoms with Crippen LogP contribution in [0.25, 0.3) is 0 Å². The lowest BCUT2D eigenvalue weighted by molar-refractivity contribution is -0.597. The number of carbonyl (C=O) groups is 2. The molecule has 2 atom stereocenters. The zero-order valence-electron chi connectivity index (χ0n) is 23.2. The summed E-state index contributed by atoms with van der Waals surface area (Å²) in [5, 5.41) is 0. The molecule has 2 unspecified atom stereocenters. The number of rotatable bonds is 17. The van der Waals surface area contributed by atoms with Gasteiger partial charge in [0.05, 0.1) is 31.5 Å². The molecule has 2 aromatic rings. The maximum atomic E-state index is 13.3. The monoisotopic (exact) mass is 623 g/mol. The van der Waals surface area contributed by atoms with Crippen molar-refractivity contribution in [3.05, 3.63) is 60.7 Å². The highest BCUT2D eigenvalue weighted by Crippen LogP contribution is 2.18. The molecule has 0 aliphatic rings. The Morgan fingerprint density at radius 1 is 0.730 bits per heavy atom. The van der Waals surface area contributed by atoms with Crippen molar-refractivity contribution in [2.45, 2.75) is 79.1 Å². The second kappa shape index (κ2) is 17.4. The maximum absolute atomic E-state index is 13.3. The molecule has 2 aromatic carbocycles. The number of esters is 2. The molecule has 0 bridgehead atoms. The Balaban J connectivity index is 2.23. The van der Waals surface area contributed by atoms with Gasteiger partial charge in [0.1, 0.15) is 5.75 Å². The van der Waals surface area contributed by atoms with Crippen molar-refractivity contribution in [2.24, 2.45) is 11.8 Å². The van der Waals surface area contributed by atoms with Crippen molar-refractivity contribution in [3.8, 4) is 5.75 Å². The van der Waals surface area contributed by atoms with Gasteiger partial charge >= 0.3 is 33.1 Å². The molecule has 0 N–H and O–H groups in total. The first kappa shape index (κ1) is 31.1. The van der Waals surface area contributed by atoms with E-state index in [1.165, 1.54) is 3.57 Å². The number of ether oxygens (including phenoxy) is 3. The maximum Gasteiger partial charge on any atom is 0.357 e. The van der Waals surface area contributed by atoms with Gasteiger partial charge in [0.25, 0.3) is 0 Å². The van der Waals surface area contributed by atoms with E-state index < -0.39 is 33.1 Å². The Morgan fingerprint density at radius 3 is 1.73 bits per heavy atom. The predicted molar refractivity (Wildman–Crippen MR) is 144 cm³/mol. The zero-order valence-corrected chi connectivity index (χ0v) is 25.3. The van der Waals surface area contributed by atoms with Crippen LogP contribution in [0.15, 0.2) is 42.5 Å². The van der Waals surface area contributed by atoms with Crippen LogP contribution in [0.4, 0.5) is 0 Å². The molecule has 204 valence electrons. The summed E-state index contributed by atoms with van der Waals surface area (Å²) in [7, 11) is 1.65. The number of benzene rings is 2. The van der Waals surface area contributed by atoms with E-state index in [4.69, 9.17) is 14.2 Å². The number of unbranched alkanes of at least 4 members (excludes halogenated alkanes) is 2. The van der Waals surface area contributed by atoms with Gasteiger partial charge in [0.2, 0.25) is 0 Å². The Labute approximate surface area is 233 Å². The lowest BCUT2D eigenvalue weighted by Gasteiger charge is -2.17. The van der Waals surface area contributed by atoms with Gasteiger partial charge in [-0.25, -0.2) is 9.59 Å². The van der Waals surface area contributed by atoms with Gasteiger partial charge in [-0.3, -0.25) is 0 Å². The minimum absolute atomic E-state index is 0.291. The van der Waals surface area contributed by atoms with E-state index in [-0.39, 0.29) is 0 Å². The molecular weight excluding hydrogens is 579 g/mol. The number of carbonyl (C=O) groups excluding carboxylic acids is 2. The third-order valence-corrected chi connectivity index (χ3v) is 9.31. The molecule has 0 fully saturated rings. The van der Waals surface area contributed by atoms with E-state index in [1.807, 2.05) is 36.4 Å². The predicted octanol–water partition coefficient (Wildman–Crippen LogP) is 4.57. The van der Waals surface area contributed by atoms with Crippen LogP contribution < -0.4 is 25.9 Å². The first-order valence-electron chi connectivity index (χ1n) is 13.7. The highest BCUT2D eigenvalue weighted by atomic mass is 127. The smallest absolute Gasteiger partial charge is 0.357 e. The third kappa shape index (κ3) is 10.7. The number of hydrogen-bond acceptors (Lipinski definition) is 5. The molecule has 5 nitrogen and oxygen atoms in total. The molecular formula is C31H44IO5+. The minimum atomic E-state index is -0.543. The van der Waals surface area contributed by atoms with Gasteiger partial charge < -0.3 is 14.2 Å². The molecule has 0 saturated carbocycles. The van der Waals surface area contributed by atoms with E-state index in [1.54, 1.807) is 13.2 Å². The van der Waals surface area contributed by atoms with Crippen LogP contribution in [0.1, 0.15) is 99.8 Å². The van der Waals surface area contributed by atoms with E-state index in [0.29, 0.717) is 36.2 Å². The normalized spacial score (nSPS) is 12.6. The number of hydrogen-bond donors (Lipinski definition) is 0. The van der Waals surface area contributed by atoms with Crippen LogP contribution in [0.5, 0.6) is 5.75 Å². The van der Waals surface area contributed by atoms with Crippen molar-refractivity contribution >= 4 is 11.9 Å². The Bertz CT molecular complexity index is 957. The van der Waals surface area contributed by atoms with Gasteiger partial charge in [0, 0.05) is 6.07 Å². The molecule has 0 aromatic heterocycles. The lowest BCUT2D eigenvalue weighted by atomic mass is 10.0. The van der Waals surface area contributed by atoms with Crippen LogP contribution in [0.2, 0.25) is 0 Å². The minimum Gasteiger partial charge on any atom is -0.497 e. The summed E-state index contributed by atoms with van der Waals surface area (Å²) in [5.74, 6) is 0.587. The topological polar surface area (TPSA) is 61.8 Å². The van der Waals surface area contributed by atoms with Crippen LogP contribution >= 0.6 is 0 Å². The molecule has 37 heavy (non-hydrogen) atoms. The summed E-state index contributed by atoms with van der Waals surface area (Å²) in [6, 6.07) is 13.5. The van der Waals surface area contributed by atoms with Gasteiger partial charge in [-0.15, -0.1) is 0 Å². The fraction of sp³-hybridized carbons (Fsp3) is 0.548. The Morgan fingerprint density at radius 2 is 1.24 bits per heavy atom. The largest absolute Gasteiger partial charge is 0.497 e. The van der Waals surface area contributed by atoms with Crippen LogP contribution in [-0.4, -0.2) is 32.3 Å². The molecule has 2 rings (SSSR count). The van der Waals surface area contributed by atoms with E-state index in [2.05, 4.69) is 27.7 Å². The summed E-state index contributed by atoms with van der Waals surface area (Å²) in [6.07, 6.45) is 8.47. The number of methoxy groups -OCH3 is 1. The van der Waals surface area contributed by atoms with Crippen molar-refractivity contribution < 1.29 is 45.0 Å². The van der Waals surface area contributed by atoms with Crippen molar-refractivity contribution in [2.75, 3.05) is 20.3 Å². The second-order valence-corrected chi connectivity index (χ2v) is 12.5. The molecule has 0 aliphatic carbocycles. The van der Waals surface area contributed by atoms with E-state index in [0.717, 1.165) is 60.7 Å². The molecule has 0 aliphatic heterocycles. The van der Waals surface area contributed by atoms with Crippen molar-refractivity contribution in [1.82, 2.24) is 0 Å². The highest BCUT2D eigenvalue weighted by Gasteiger charge is 2.26. The van der Waals surface area contributed by atoms with Crippen molar-refractivity contribution in [1.29, 1.82) is 0 Å². The summed E-state index contributed by atoms with van der Waals surface area (Å²) >= 11 is -0.543. The van der Waals surface area contributed by atoms with Crippen LogP contribution in [0.3, 0.4) is 0 Å². The van der Waals surface area contributed by atoms with Crippen molar-refractivity contribution in [3.63, 3.8) is 0 Å². The quantitative estimate of drug-likeness (QED) is 0.191. The third-order valence-electron chi connectivity index (χ3n) is 6.68. The van der Waals surface area contributed by atoms with E-state index >= 15 is 0 Å². The zero-order chi connectivity index (χ0) is 27.0. The molecule has 0 radical (unpaired) electrons. The highest BCUT2D eigenvalue weighted by molar-refractivity contribution is 6.03. The van der Waals surface area contributed by atoms with Gasteiger partial charge in [0.15, 0.2) is 7.14 Å². The van der Waals surface area contributed by atoms with Gasteiger partial charge in [-0.2, -0.15) is 0 Å². The second-order valence-electron chi connectivity index (χ2n) is 9.47. The van der Waals surface area contributed by atoms with Gasteiger partial charge in [-0.05, 0) is 61.1 Å². The SMILES string of the molecule is CCCCC(CC)COC(=O)c1ccc([I+]c2ccc(OC)cc2)cc1C(=O)OCC(CC)CCCC. The molecule has 0 amide bonds. The average Bonchev–Trinajstić information content (AvgIpc) is 2.93.